The summed E-state index contributed by atoms with van der Waals surface area (Å²) in [4.78, 5) is 2.07. The van der Waals surface area contributed by atoms with Crippen LogP contribution in [-0.4, -0.2) is 30.2 Å². The maximum Gasteiger partial charge on any atom is 0.0784 e. The van der Waals surface area contributed by atoms with Crippen molar-refractivity contribution in [3.63, 3.8) is 0 Å². The Balaban J connectivity index is 3.02. The highest BCUT2D eigenvalue weighted by Gasteiger charge is 2.32. The predicted molar refractivity (Wildman–Crippen MR) is 68.3 cm³/mol. The molecule has 0 radical (unpaired) electrons. The molecule has 0 saturated heterocycles. The molecule has 2 atom stereocenters. The number of aliphatic hydroxyl groups excluding tert-OH is 1. The summed E-state index contributed by atoms with van der Waals surface area (Å²) in [5.41, 5.74) is 1.04. The molecule has 0 bridgehead atoms. The summed E-state index contributed by atoms with van der Waals surface area (Å²) in [5.74, 6) is 0. The summed E-state index contributed by atoms with van der Waals surface area (Å²) in [6.45, 7) is 6.20. The number of aliphatic hydroxyl groups is 1. The zero-order valence-corrected chi connectivity index (χ0v) is 10.9. The highest BCUT2D eigenvalue weighted by molar-refractivity contribution is 5.20. The Kier molecular flexibility index (Phi) is 4.11. The third-order valence-electron chi connectivity index (χ3n) is 2.88. The molecule has 90 valence electrons. The lowest BCUT2D eigenvalue weighted by Crippen LogP contribution is -2.39. The fourth-order valence-electron chi connectivity index (χ4n) is 1.89. The van der Waals surface area contributed by atoms with Crippen LogP contribution in [-0.2, 0) is 0 Å². The van der Waals surface area contributed by atoms with E-state index >= 15 is 0 Å². The van der Waals surface area contributed by atoms with Gasteiger partial charge in [-0.1, -0.05) is 51.1 Å². The van der Waals surface area contributed by atoms with Crippen molar-refractivity contribution in [2.24, 2.45) is 5.41 Å². The largest absolute Gasteiger partial charge is 0.391 e. The molecular formula is C14H23NO. The fourth-order valence-corrected chi connectivity index (χ4v) is 1.89. The molecule has 0 aliphatic heterocycles. The molecule has 1 aromatic rings. The average molecular weight is 221 g/mol. The van der Waals surface area contributed by atoms with Gasteiger partial charge in [-0.15, -0.1) is 0 Å². The van der Waals surface area contributed by atoms with E-state index in [1.165, 1.54) is 0 Å². The molecule has 0 fully saturated rings. The van der Waals surface area contributed by atoms with Crippen molar-refractivity contribution in [2.45, 2.75) is 32.9 Å². The molecule has 16 heavy (non-hydrogen) atoms. The first-order valence-corrected chi connectivity index (χ1v) is 5.73. The summed E-state index contributed by atoms with van der Waals surface area (Å²) >= 11 is 0. The molecule has 0 aromatic heterocycles. The Labute approximate surface area is 98.9 Å². The van der Waals surface area contributed by atoms with E-state index in [0.717, 1.165) is 5.56 Å². The summed E-state index contributed by atoms with van der Waals surface area (Å²) < 4.78 is 0. The van der Waals surface area contributed by atoms with Crippen LogP contribution >= 0.6 is 0 Å². The molecule has 0 unspecified atom stereocenters. The van der Waals surface area contributed by atoms with Crippen molar-refractivity contribution in [1.82, 2.24) is 4.90 Å². The summed E-state index contributed by atoms with van der Waals surface area (Å²) in [6, 6.07) is 10.2. The van der Waals surface area contributed by atoms with Crippen molar-refractivity contribution >= 4 is 0 Å². The molecule has 0 aliphatic carbocycles. The number of hydrogen-bond donors (Lipinski definition) is 1. The maximum atomic E-state index is 10.4. The third-order valence-corrected chi connectivity index (χ3v) is 2.88. The van der Waals surface area contributed by atoms with Gasteiger partial charge in [-0.2, -0.15) is 0 Å². The van der Waals surface area contributed by atoms with Crippen LogP contribution in [0.15, 0.2) is 30.3 Å². The molecular weight excluding hydrogens is 198 g/mol. The third kappa shape index (κ3) is 3.06. The highest BCUT2D eigenvalue weighted by Crippen LogP contribution is 2.32. The number of likely N-dealkylation sites (N-methyl/N-ethyl adjacent to an activating group) is 1. The van der Waals surface area contributed by atoms with Gasteiger partial charge in [0, 0.05) is 0 Å². The highest BCUT2D eigenvalue weighted by atomic mass is 16.3. The Hall–Kier alpha value is -0.860. The molecule has 0 spiro atoms. The lowest BCUT2D eigenvalue weighted by molar-refractivity contribution is -0.00531. The fraction of sp³-hybridized carbons (Fsp3) is 0.571. The van der Waals surface area contributed by atoms with E-state index in [0.29, 0.717) is 0 Å². The lowest BCUT2D eigenvalue weighted by atomic mass is 9.82. The maximum absolute atomic E-state index is 10.4. The van der Waals surface area contributed by atoms with Crippen LogP contribution in [0, 0.1) is 5.41 Å². The molecule has 1 aromatic carbocycles. The van der Waals surface area contributed by atoms with Gasteiger partial charge in [0.05, 0.1) is 12.1 Å². The first-order valence-electron chi connectivity index (χ1n) is 5.73. The molecule has 1 N–H and O–H groups in total. The molecule has 0 saturated carbocycles. The molecule has 2 nitrogen and oxygen atoms in total. The van der Waals surface area contributed by atoms with Gasteiger partial charge in [0.1, 0.15) is 0 Å². The Bertz CT molecular complexity index is 313. The van der Waals surface area contributed by atoms with Crippen LogP contribution in [0.5, 0.6) is 0 Å². The minimum absolute atomic E-state index is 0.0428. The van der Waals surface area contributed by atoms with E-state index in [1.807, 2.05) is 32.3 Å². The Morgan fingerprint density at radius 3 is 1.94 bits per heavy atom. The predicted octanol–water partition coefficient (Wildman–Crippen LogP) is 2.70. The zero-order valence-electron chi connectivity index (χ0n) is 10.9. The standard InChI is InChI=1S/C14H23NO/c1-14(2,3)13(16)12(15(4)5)11-9-7-6-8-10-11/h6-10,12-13,16H,1-5H3/t12-,13-/m0/s1. The normalized spacial score (nSPS) is 16.2. The Morgan fingerprint density at radius 2 is 1.56 bits per heavy atom. The van der Waals surface area contributed by atoms with Crippen molar-refractivity contribution in [2.75, 3.05) is 14.1 Å². The van der Waals surface area contributed by atoms with Gasteiger partial charge in [-0.05, 0) is 25.1 Å². The first kappa shape index (κ1) is 13.2. The van der Waals surface area contributed by atoms with E-state index < -0.39 is 0 Å². The minimum Gasteiger partial charge on any atom is -0.391 e. The van der Waals surface area contributed by atoms with Gasteiger partial charge >= 0.3 is 0 Å². The van der Waals surface area contributed by atoms with E-state index in [1.54, 1.807) is 0 Å². The van der Waals surface area contributed by atoms with Gasteiger partial charge < -0.3 is 10.0 Å². The number of hydrogen-bond acceptors (Lipinski definition) is 2. The van der Waals surface area contributed by atoms with Gasteiger partial charge in [-0.25, -0.2) is 0 Å². The second kappa shape index (κ2) is 4.98. The van der Waals surface area contributed by atoms with Gasteiger partial charge in [0.2, 0.25) is 0 Å². The van der Waals surface area contributed by atoms with Crippen LogP contribution < -0.4 is 0 Å². The van der Waals surface area contributed by atoms with Crippen LogP contribution in [0.1, 0.15) is 32.4 Å². The van der Waals surface area contributed by atoms with E-state index in [4.69, 9.17) is 0 Å². The Morgan fingerprint density at radius 1 is 1.06 bits per heavy atom. The SMILES string of the molecule is CN(C)[C@@H](c1ccccc1)[C@H](O)C(C)(C)C. The average Bonchev–Trinajstić information content (AvgIpc) is 2.17. The smallest absolute Gasteiger partial charge is 0.0784 e. The van der Waals surface area contributed by atoms with Crippen LogP contribution in [0.3, 0.4) is 0 Å². The molecule has 2 heteroatoms. The van der Waals surface area contributed by atoms with Gasteiger partial charge in [0.15, 0.2) is 0 Å². The number of benzene rings is 1. The van der Waals surface area contributed by atoms with Crippen molar-refractivity contribution in [3.8, 4) is 0 Å². The van der Waals surface area contributed by atoms with Crippen molar-refractivity contribution in [3.05, 3.63) is 35.9 Å². The quantitative estimate of drug-likeness (QED) is 0.848. The second-order valence-electron chi connectivity index (χ2n) is 5.63. The molecule has 0 heterocycles. The zero-order chi connectivity index (χ0) is 12.3. The van der Waals surface area contributed by atoms with Gasteiger partial charge in [0.25, 0.3) is 0 Å². The van der Waals surface area contributed by atoms with Crippen LogP contribution in [0.25, 0.3) is 0 Å². The van der Waals surface area contributed by atoms with Gasteiger partial charge in [-0.3, -0.25) is 0 Å². The van der Waals surface area contributed by atoms with E-state index in [-0.39, 0.29) is 17.6 Å². The summed E-state index contributed by atoms with van der Waals surface area (Å²) in [7, 11) is 4.01. The number of rotatable bonds is 3. The monoisotopic (exact) mass is 221 g/mol. The summed E-state index contributed by atoms with van der Waals surface area (Å²) in [6.07, 6.45) is -0.384. The molecule has 1 rings (SSSR count). The van der Waals surface area contributed by atoms with E-state index in [9.17, 15) is 5.11 Å². The van der Waals surface area contributed by atoms with Crippen molar-refractivity contribution in [1.29, 1.82) is 0 Å². The second-order valence-corrected chi connectivity index (χ2v) is 5.63. The lowest BCUT2D eigenvalue weighted by Gasteiger charge is -2.37. The van der Waals surface area contributed by atoms with Crippen LogP contribution in [0.4, 0.5) is 0 Å². The van der Waals surface area contributed by atoms with E-state index in [2.05, 4.69) is 37.8 Å². The summed E-state index contributed by atoms with van der Waals surface area (Å²) in [5, 5.41) is 10.4. The van der Waals surface area contributed by atoms with Crippen LogP contribution in [0.2, 0.25) is 0 Å². The minimum atomic E-state index is -0.384. The van der Waals surface area contributed by atoms with Crippen molar-refractivity contribution < 1.29 is 5.11 Å². The molecule has 0 amide bonds. The molecule has 0 aliphatic rings. The topological polar surface area (TPSA) is 23.5 Å². The number of nitrogens with zero attached hydrogens (tertiary/aromatic N) is 1. The first-order chi connectivity index (χ1) is 7.34.